The Labute approximate surface area is 196 Å². The van der Waals surface area contributed by atoms with Gasteiger partial charge in [-0.25, -0.2) is 0 Å². The summed E-state index contributed by atoms with van der Waals surface area (Å²) in [6.07, 6.45) is -0.271. The molecular weight excluding hydrogens is 460 g/mol. The van der Waals surface area contributed by atoms with E-state index in [1.807, 2.05) is 26.0 Å². The molecular formula is C25H31F6NO2. The second-order valence-electron chi connectivity index (χ2n) is 8.14. The molecule has 0 radical (unpaired) electrons. The van der Waals surface area contributed by atoms with Gasteiger partial charge in [0.1, 0.15) is 0 Å². The van der Waals surface area contributed by atoms with E-state index in [9.17, 15) is 31.1 Å². The Bertz CT molecular complexity index is 837. The van der Waals surface area contributed by atoms with Crippen molar-refractivity contribution in [2.75, 3.05) is 13.2 Å². The lowest BCUT2D eigenvalue weighted by atomic mass is 10.1. The van der Waals surface area contributed by atoms with Gasteiger partial charge in [-0.1, -0.05) is 37.1 Å². The molecule has 0 aromatic heterocycles. The van der Waals surface area contributed by atoms with Crippen molar-refractivity contribution in [2.45, 2.75) is 64.9 Å². The molecule has 1 rings (SSSR count). The summed E-state index contributed by atoms with van der Waals surface area (Å²) in [6.45, 7) is 7.73. The van der Waals surface area contributed by atoms with E-state index in [-0.39, 0.29) is 30.8 Å². The van der Waals surface area contributed by atoms with Crippen LogP contribution in [0.2, 0.25) is 0 Å². The van der Waals surface area contributed by atoms with Gasteiger partial charge in [-0.3, -0.25) is 4.79 Å². The number of benzene rings is 1. The molecule has 0 aliphatic carbocycles. The minimum absolute atomic E-state index is 0.105. The molecule has 34 heavy (non-hydrogen) atoms. The van der Waals surface area contributed by atoms with Crippen LogP contribution in [0.15, 0.2) is 54.2 Å². The molecule has 0 saturated carbocycles. The first-order valence-corrected chi connectivity index (χ1v) is 10.9. The molecule has 1 aromatic rings. The summed E-state index contributed by atoms with van der Waals surface area (Å²) >= 11 is 0. The lowest BCUT2D eigenvalue weighted by Crippen LogP contribution is -2.22. The van der Waals surface area contributed by atoms with Crippen molar-refractivity contribution >= 4 is 5.91 Å². The zero-order valence-electron chi connectivity index (χ0n) is 19.4. The maximum atomic E-state index is 12.9. The van der Waals surface area contributed by atoms with Gasteiger partial charge in [-0.15, -0.1) is 0 Å². The van der Waals surface area contributed by atoms with Crippen molar-refractivity contribution in [2.24, 2.45) is 0 Å². The summed E-state index contributed by atoms with van der Waals surface area (Å²) in [4.78, 5) is 11.7. The van der Waals surface area contributed by atoms with Crippen molar-refractivity contribution in [3.63, 3.8) is 0 Å². The number of carbonyl (C=O) groups is 1. The van der Waals surface area contributed by atoms with Gasteiger partial charge in [0.25, 0.3) is 0 Å². The van der Waals surface area contributed by atoms with Gasteiger partial charge in [-0.05, 0) is 62.4 Å². The van der Waals surface area contributed by atoms with E-state index in [2.05, 4.69) is 11.9 Å². The maximum Gasteiger partial charge on any atom is 0.416 e. The summed E-state index contributed by atoms with van der Waals surface area (Å²) in [5.41, 5.74) is -1.15. The molecule has 0 fully saturated rings. The summed E-state index contributed by atoms with van der Waals surface area (Å²) in [5.74, 6) is -0.176. The molecule has 1 N–H and O–H groups in total. The predicted octanol–water partition coefficient (Wildman–Crippen LogP) is 7.39. The fourth-order valence-electron chi connectivity index (χ4n) is 2.93. The van der Waals surface area contributed by atoms with Gasteiger partial charge < -0.3 is 10.1 Å². The third-order valence-corrected chi connectivity index (χ3v) is 4.63. The van der Waals surface area contributed by atoms with Gasteiger partial charge in [0, 0.05) is 19.2 Å². The first-order valence-electron chi connectivity index (χ1n) is 10.9. The predicted molar refractivity (Wildman–Crippen MR) is 120 cm³/mol. The fourth-order valence-corrected chi connectivity index (χ4v) is 2.93. The van der Waals surface area contributed by atoms with Crippen LogP contribution in [0.5, 0.6) is 0 Å². The second-order valence-corrected chi connectivity index (χ2v) is 8.14. The minimum Gasteiger partial charge on any atom is -0.377 e. The standard InChI is InChI=1S/C25H31F6NO2/c1-18(2)16-32-23(33)12-19(3)10-8-6-4-5-7-9-11-34-17-20-13-21(24(26,27)28)15-22(14-20)25(29,30)31/h8,10,12-15H,1,4-7,9,11,16-17H2,2-3H3,(H,32,33). The van der Waals surface area contributed by atoms with Crippen LogP contribution in [-0.2, 0) is 28.5 Å². The number of ether oxygens (including phenoxy) is 1. The number of nitrogens with one attached hydrogen (secondary N) is 1. The minimum atomic E-state index is -4.87. The highest BCUT2D eigenvalue weighted by atomic mass is 19.4. The number of carbonyl (C=O) groups excluding carboxylic acids is 1. The Morgan fingerprint density at radius 2 is 1.56 bits per heavy atom. The zero-order chi connectivity index (χ0) is 25.8. The number of halogens is 6. The van der Waals surface area contributed by atoms with Gasteiger partial charge >= 0.3 is 12.4 Å². The summed E-state index contributed by atoms with van der Waals surface area (Å²) in [7, 11) is 0. The van der Waals surface area contributed by atoms with Gasteiger partial charge in [0.2, 0.25) is 5.91 Å². The van der Waals surface area contributed by atoms with Crippen LogP contribution >= 0.6 is 0 Å². The summed E-state index contributed by atoms with van der Waals surface area (Å²) in [5, 5.41) is 2.72. The Kier molecular flexibility index (Phi) is 12.1. The number of alkyl halides is 6. The highest BCUT2D eigenvalue weighted by molar-refractivity contribution is 5.88. The molecule has 0 spiro atoms. The molecule has 0 aliphatic rings. The maximum absolute atomic E-state index is 12.9. The van der Waals surface area contributed by atoms with Crippen LogP contribution in [0.25, 0.3) is 0 Å². The van der Waals surface area contributed by atoms with E-state index < -0.39 is 23.5 Å². The van der Waals surface area contributed by atoms with Crippen molar-refractivity contribution in [1.82, 2.24) is 5.32 Å². The van der Waals surface area contributed by atoms with Crippen molar-refractivity contribution in [3.8, 4) is 0 Å². The smallest absolute Gasteiger partial charge is 0.377 e. The Balaban J connectivity index is 2.30. The first kappa shape index (κ1) is 29.5. The van der Waals surface area contributed by atoms with Crippen LogP contribution in [-0.4, -0.2) is 19.1 Å². The number of amides is 1. The summed E-state index contributed by atoms with van der Waals surface area (Å²) in [6, 6.07) is 1.47. The topological polar surface area (TPSA) is 38.3 Å². The van der Waals surface area contributed by atoms with Crippen LogP contribution in [0.1, 0.15) is 62.6 Å². The van der Waals surface area contributed by atoms with Gasteiger partial charge in [0.15, 0.2) is 0 Å². The highest BCUT2D eigenvalue weighted by Gasteiger charge is 2.36. The molecule has 0 aliphatic heterocycles. The number of hydrogen-bond donors (Lipinski definition) is 1. The SMILES string of the molecule is C=C(C)CNC(=O)C=C(C)C=CCCCCCCOCc1cc(C(F)(F)F)cc(C(F)(F)F)c1. The molecule has 0 bridgehead atoms. The van der Waals surface area contributed by atoms with Crippen LogP contribution in [0.3, 0.4) is 0 Å². The van der Waals surface area contributed by atoms with E-state index in [1.165, 1.54) is 6.08 Å². The van der Waals surface area contributed by atoms with E-state index in [1.54, 1.807) is 0 Å². The third-order valence-electron chi connectivity index (χ3n) is 4.63. The Morgan fingerprint density at radius 3 is 2.12 bits per heavy atom. The molecule has 0 saturated heterocycles. The average molecular weight is 492 g/mol. The zero-order valence-corrected chi connectivity index (χ0v) is 19.4. The first-order chi connectivity index (χ1) is 15.8. The normalized spacial score (nSPS) is 12.9. The molecule has 1 aromatic carbocycles. The fraction of sp³-hybridized carbons (Fsp3) is 0.480. The molecule has 1 amide bonds. The molecule has 0 atom stereocenters. The van der Waals surface area contributed by atoms with Gasteiger partial charge in [0.05, 0.1) is 17.7 Å². The number of allylic oxidation sites excluding steroid dienone is 3. The molecule has 0 unspecified atom stereocenters. The molecule has 3 nitrogen and oxygen atoms in total. The van der Waals surface area contributed by atoms with Crippen molar-refractivity contribution in [3.05, 3.63) is 70.8 Å². The van der Waals surface area contributed by atoms with E-state index in [0.29, 0.717) is 25.1 Å². The van der Waals surface area contributed by atoms with Crippen molar-refractivity contribution in [1.29, 1.82) is 0 Å². The van der Waals surface area contributed by atoms with Crippen LogP contribution in [0.4, 0.5) is 26.3 Å². The van der Waals surface area contributed by atoms with Crippen molar-refractivity contribution < 1.29 is 35.9 Å². The number of unbranched alkanes of at least 4 members (excludes halogenated alkanes) is 4. The second kappa shape index (κ2) is 14.0. The largest absolute Gasteiger partial charge is 0.416 e. The van der Waals surface area contributed by atoms with Crippen LogP contribution in [0, 0.1) is 0 Å². The van der Waals surface area contributed by atoms with Gasteiger partial charge in [-0.2, -0.15) is 26.3 Å². The Hall–Kier alpha value is -2.55. The van der Waals surface area contributed by atoms with E-state index in [4.69, 9.17) is 4.74 Å². The van der Waals surface area contributed by atoms with E-state index >= 15 is 0 Å². The third kappa shape index (κ3) is 12.6. The summed E-state index contributed by atoms with van der Waals surface area (Å²) < 4.78 is 82.5. The lowest BCUT2D eigenvalue weighted by molar-refractivity contribution is -0.143. The van der Waals surface area contributed by atoms with Crippen LogP contribution < -0.4 is 5.32 Å². The monoisotopic (exact) mass is 491 g/mol. The molecule has 0 heterocycles. The average Bonchev–Trinajstić information content (AvgIpc) is 2.72. The van der Waals surface area contributed by atoms with E-state index in [0.717, 1.165) is 36.8 Å². The number of rotatable bonds is 13. The molecule has 190 valence electrons. The quantitative estimate of drug-likeness (QED) is 0.103. The molecule has 9 heteroatoms. The number of hydrogen-bond acceptors (Lipinski definition) is 2. The lowest BCUT2D eigenvalue weighted by Gasteiger charge is -2.14. The Morgan fingerprint density at radius 1 is 0.971 bits per heavy atom. The highest BCUT2D eigenvalue weighted by Crippen LogP contribution is 2.36.